The van der Waals surface area contributed by atoms with Gasteiger partial charge in [0.15, 0.2) is 11.5 Å². The lowest BCUT2D eigenvalue weighted by atomic mass is 9.98. The molecule has 4 aromatic rings. The summed E-state index contributed by atoms with van der Waals surface area (Å²) >= 11 is 0. The Kier molecular flexibility index (Phi) is 4.84. The van der Waals surface area contributed by atoms with Crippen LogP contribution in [-0.4, -0.2) is 36.4 Å². The van der Waals surface area contributed by atoms with Gasteiger partial charge in [-0.3, -0.25) is 4.98 Å². The Morgan fingerprint density at radius 3 is 2.24 bits per heavy atom. The maximum atomic E-state index is 10.6. The molecule has 2 aromatic carbocycles. The molecule has 148 valence electrons. The number of methoxy groups -OCH3 is 3. The molecule has 1 N–H and O–H groups in total. The summed E-state index contributed by atoms with van der Waals surface area (Å²) in [4.78, 5) is 8.89. The average molecular weight is 390 g/mol. The average Bonchev–Trinajstić information content (AvgIpc) is 2.75. The Balaban J connectivity index is 1.89. The second-order valence-corrected chi connectivity index (χ2v) is 6.80. The van der Waals surface area contributed by atoms with Crippen molar-refractivity contribution in [3.05, 3.63) is 59.4 Å². The maximum Gasteiger partial charge on any atom is 0.215 e. The van der Waals surface area contributed by atoms with E-state index in [1.807, 2.05) is 49.5 Å². The first-order valence-corrected chi connectivity index (χ1v) is 9.21. The van der Waals surface area contributed by atoms with E-state index in [2.05, 4.69) is 9.97 Å². The van der Waals surface area contributed by atoms with E-state index in [0.29, 0.717) is 23.5 Å². The number of aryl methyl sites for hydroxylation is 1. The quantitative estimate of drug-likeness (QED) is 0.544. The summed E-state index contributed by atoms with van der Waals surface area (Å²) in [7, 11) is 4.84. The first kappa shape index (κ1) is 18.8. The van der Waals surface area contributed by atoms with Crippen LogP contribution in [0.2, 0.25) is 0 Å². The second-order valence-electron chi connectivity index (χ2n) is 6.80. The van der Waals surface area contributed by atoms with Gasteiger partial charge in [-0.2, -0.15) is 0 Å². The van der Waals surface area contributed by atoms with Crippen molar-refractivity contribution in [2.75, 3.05) is 21.3 Å². The summed E-state index contributed by atoms with van der Waals surface area (Å²) in [5.74, 6) is 1.99. The molecule has 0 amide bonds. The van der Waals surface area contributed by atoms with Gasteiger partial charge in [-0.1, -0.05) is 6.07 Å². The van der Waals surface area contributed by atoms with Crippen LogP contribution < -0.4 is 14.2 Å². The predicted octanol–water partition coefficient (Wildman–Crippen LogP) is 4.41. The Bertz CT molecular complexity index is 1220. The number of rotatable bonds is 5. The third-order valence-corrected chi connectivity index (χ3v) is 5.13. The molecule has 6 nitrogen and oxygen atoms in total. The lowest BCUT2D eigenvalue weighted by molar-refractivity contribution is 0.355. The standard InChI is InChI=1S/C23H22N2O4/c1-13-15-10-21(28-3)22(29-4)11-16(15)17(23(26)25-13)8-14-9-18-19(24-12-14)6-5-7-20(18)27-2/h5-7,9-12H,8H2,1-4H3,(H,25,26). The smallest absolute Gasteiger partial charge is 0.215 e. The minimum atomic E-state index is 0.00217. The van der Waals surface area contributed by atoms with Crippen molar-refractivity contribution in [1.29, 1.82) is 0 Å². The number of benzene rings is 2. The third-order valence-electron chi connectivity index (χ3n) is 5.13. The summed E-state index contributed by atoms with van der Waals surface area (Å²) in [5, 5.41) is 13.3. The molecular weight excluding hydrogens is 368 g/mol. The molecule has 0 aliphatic heterocycles. The van der Waals surface area contributed by atoms with Gasteiger partial charge in [0.2, 0.25) is 5.88 Å². The Morgan fingerprint density at radius 2 is 1.55 bits per heavy atom. The number of ether oxygens (including phenoxy) is 3. The van der Waals surface area contributed by atoms with Crippen molar-refractivity contribution < 1.29 is 19.3 Å². The lowest BCUT2D eigenvalue weighted by Gasteiger charge is -2.15. The lowest BCUT2D eigenvalue weighted by Crippen LogP contribution is -1.99. The number of pyridine rings is 2. The highest BCUT2D eigenvalue weighted by Gasteiger charge is 2.17. The fourth-order valence-electron chi connectivity index (χ4n) is 3.65. The fraction of sp³-hybridized carbons (Fsp3) is 0.217. The van der Waals surface area contributed by atoms with Crippen LogP contribution in [0.4, 0.5) is 0 Å². The van der Waals surface area contributed by atoms with Crippen LogP contribution in [0, 0.1) is 6.92 Å². The number of hydrogen-bond acceptors (Lipinski definition) is 6. The van der Waals surface area contributed by atoms with Crippen molar-refractivity contribution in [2.24, 2.45) is 0 Å². The number of aromatic hydroxyl groups is 1. The van der Waals surface area contributed by atoms with Gasteiger partial charge < -0.3 is 19.3 Å². The van der Waals surface area contributed by atoms with Gasteiger partial charge in [0.1, 0.15) is 5.75 Å². The molecule has 2 aromatic heterocycles. The predicted molar refractivity (Wildman–Crippen MR) is 112 cm³/mol. The van der Waals surface area contributed by atoms with Gasteiger partial charge in [0.05, 0.1) is 26.8 Å². The number of hydrogen-bond donors (Lipinski definition) is 1. The van der Waals surface area contributed by atoms with Gasteiger partial charge >= 0.3 is 0 Å². The highest BCUT2D eigenvalue weighted by molar-refractivity contribution is 5.92. The van der Waals surface area contributed by atoms with Gasteiger partial charge in [-0.25, -0.2) is 4.98 Å². The minimum Gasteiger partial charge on any atom is -0.496 e. The second kappa shape index (κ2) is 7.47. The van der Waals surface area contributed by atoms with Crippen LogP contribution in [-0.2, 0) is 6.42 Å². The molecule has 2 heterocycles. The summed E-state index contributed by atoms with van der Waals surface area (Å²) in [5.41, 5.74) is 3.23. The number of nitrogens with zero attached hydrogens (tertiary/aromatic N) is 2. The number of fused-ring (bicyclic) bond motifs is 2. The van der Waals surface area contributed by atoms with Crippen LogP contribution in [0.25, 0.3) is 21.7 Å². The van der Waals surface area contributed by atoms with E-state index in [0.717, 1.165) is 38.7 Å². The van der Waals surface area contributed by atoms with Gasteiger partial charge in [0.25, 0.3) is 0 Å². The van der Waals surface area contributed by atoms with Gasteiger partial charge in [-0.05, 0) is 48.2 Å². The van der Waals surface area contributed by atoms with Gasteiger partial charge in [0, 0.05) is 34.6 Å². The van der Waals surface area contributed by atoms with E-state index < -0.39 is 0 Å². The fourth-order valence-corrected chi connectivity index (χ4v) is 3.65. The van der Waals surface area contributed by atoms with Crippen molar-refractivity contribution in [3.63, 3.8) is 0 Å². The van der Waals surface area contributed by atoms with Crippen molar-refractivity contribution in [3.8, 4) is 23.1 Å². The Hall–Kier alpha value is -3.54. The third kappa shape index (κ3) is 3.27. The topological polar surface area (TPSA) is 73.7 Å². The largest absolute Gasteiger partial charge is 0.496 e. The summed E-state index contributed by atoms with van der Waals surface area (Å²) < 4.78 is 16.3. The molecule has 29 heavy (non-hydrogen) atoms. The van der Waals surface area contributed by atoms with E-state index in [4.69, 9.17) is 14.2 Å². The molecule has 0 spiro atoms. The Morgan fingerprint density at radius 1 is 0.862 bits per heavy atom. The summed E-state index contributed by atoms with van der Waals surface area (Å²) in [6.07, 6.45) is 2.28. The zero-order valence-electron chi connectivity index (χ0n) is 16.8. The monoisotopic (exact) mass is 390 g/mol. The SMILES string of the molecule is COc1cc2c(C)nc(O)c(Cc3cnc4cccc(OC)c4c3)c2cc1OC. The van der Waals surface area contributed by atoms with Gasteiger partial charge in [-0.15, -0.1) is 0 Å². The molecule has 4 rings (SSSR count). The van der Waals surface area contributed by atoms with Crippen LogP contribution >= 0.6 is 0 Å². The molecule has 0 unspecified atom stereocenters. The zero-order valence-corrected chi connectivity index (χ0v) is 16.8. The Labute approximate surface area is 168 Å². The molecule has 0 saturated heterocycles. The van der Waals surface area contributed by atoms with E-state index in [1.54, 1.807) is 21.3 Å². The van der Waals surface area contributed by atoms with E-state index in [1.165, 1.54) is 0 Å². The van der Waals surface area contributed by atoms with Crippen LogP contribution in [0.3, 0.4) is 0 Å². The van der Waals surface area contributed by atoms with Crippen molar-refractivity contribution >= 4 is 21.7 Å². The molecule has 0 bridgehead atoms. The van der Waals surface area contributed by atoms with E-state index in [-0.39, 0.29) is 5.88 Å². The molecule has 6 heteroatoms. The normalized spacial score (nSPS) is 11.0. The molecule has 0 atom stereocenters. The minimum absolute atomic E-state index is 0.00217. The van der Waals surface area contributed by atoms with E-state index >= 15 is 0 Å². The summed E-state index contributed by atoms with van der Waals surface area (Å²) in [6.45, 7) is 1.86. The van der Waals surface area contributed by atoms with Crippen molar-refractivity contribution in [2.45, 2.75) is 13.3 Å². The highest BCUT2D eigenvalue weighted by atomic mass is 16.5. The first-order chi connectivity index (χ1) is 14.0. The van der Waals surface area contributed by atoms with Crippen LogP contribution in [0.15, 0.2) is 42.6 Å². The van der Waals surface area contributed by atoms with E-state index in [9.17, 15) is 5.11 Å². The molecule has 0 saturated carbocycles. The zero-order chi connectivity index (χ0) is 20.5. The molecule has 0 aliphatic carbocycles. The molecular formula is C23H22N2O4. The highest BCUT2D eigenvalue weighted by Crippen LogP contribution is 2.38. The molecule has 0 radical (unpaired) electrons. The molecule has 0 aliphatic rings. The first-order valence-electron chi connectivity index (χ1n) is 9.21. The van der Waals surface area contributed by atoms with Crippen LogP contribution in [0.5, 0.6) is 23.1 Å². The summed E-state index contributed by atoms with van der Waals surface area (Å²) in [6, 6.07) is 11.6. The van der Waals surface area contributed by atoms with Crippen LogP contribution in [0.1, 0.15) is 16.8 Å². The molecule has 0 fully saturated rings. The number of aromatic nitrogens is 2. The van der Waals surface area contributed by atoms with Crippen molar-refractivity contribution in [1.82, 2.24) is 9.97 Å². The maximum absolute atomic E-state index is 10.6.